The van der Waals surface area contributed by atoms with Crippen LogP contribution in [-0.4, -0.2) is 24.0 Å². The topological polar surface area (TPSA) is 55.5 Å². The first-order valence-corrected chi connectivity index (χ1v) is 3.36. The van der Waals surface area contributed by atoms with Crippen molar-refractivity contribution < 1.29 is 9.84 Å². The minimum atomic E-state index is -0.563. The minimum Gasteiger partial charge on any atom is -0.368 e. The standard InChI is InChI=1S/C6H13NO2/c7-4-5-2-1-3-6(8)9-5/h5-6,8H,1-4,7H2/t5?,6-/m0/s1. The molecule has 0 spiro atoms. The molecule has 0 aromatic rings. The molecule has 3 heteroatoms. The lowest BCUT2D eigenvalue weighted by Gasteiger charge is -2.25. The molecule has 2 atom stereocenters. The Morgan fingerprint density at radius 3 is 2.78 bits per heavy atom. The van der Waals surface area contributed by atoms with Gasteiger partial charge in [0.25, 0.3) is 0 Å². The van der Waals surface area contributed by atoms with Crippen molar-refractivity contribution in [2.75, 3.05) is 6.54 Å². The second-order valence-corrected chi connectivity index (χ2v) is 2.38. The summed E-state index contributed by atoms with van der Waals surface area (Å²) in [6.07, 6.45) is 2.31. The van der Waals surface area contributed by atoms with E-state index in [1.165, 1.54) is 0 Å². The van der Waals surface area contributed by atoms with Gasteiger partial charge in [-0.3, -0.25) is 0 Å². The van der Waals surface area contributed by atoms with E-state index in [0.717, 1.165) is 19.3 Å². The first-order valence-electron chi connectivity index (χ1n) is 3.36. The van der Waals surface area contributed by atoms with Crippen molar-refractivity contribution in [1.82, 2.24) is 0 Å². The number of nitrogens with two attached hydrogens (primary N) is 1. The van der Waals surface area contributed by atoms with E-state index in [1.54, 1.807) is 0 Å². The largest absolute Gasteiger partial charge is 0.368 e. The van der Waals surface area contributed by atoms with Gasteiger partial charge < -0.3 is 15.6 Å². The van der Waals surface area contributed by atoms with Crippen LogP contribution in [0.5, 0.6) is 0 Å². The Balaban J connectivity index is 2.23. The maximum atomic E-state index is 8.93. The number of aliphatic hydroxyl groups is 1. The number of ether oxygens (including phenoxy) is 1. The van der Waals surface area contributed by atoms with Crippen LogP contribution >= 0.6 is 0 Å². The highest BCUT2D eigenvalue weighted by Gasteiger charge is 2.18. The van der Waals surface area contributed by atoms with Gasteiger partial charge in [0.2, 0.25) is 0 Å². The Morgan fingerprint density at radius 2 is 2.33 bits per heavy atom. The maximum Gasteiger partial charge on any atom is 0.154 e. The molecule has 0 saturated carbocycles. The first kappa shape index (κ1) is 6.99. The van der Waals surface area contributed by atoms with Gasteiger partial charge in [-0.1, -0.05) is 0 Å². The third kappa shape index (κ3) is 1.93. The van der Waals surface area contributed by atoms with Crippen molar-refractivity contribution in [3.8, 4) is 0 Å². The van der Waals surface area contributed by atoms with Gasteiger partial charge in [0.05, 0.1) is 6.10 Å². The van der Waals surface area contributed by atoms with E-state index < -0.39 is 6.29 Å². The van der Waals surface area contributed by atoms with Crippen molar-refractivity contribution in [1.29, 1.82) is 0 Å². The molecule has 0 amide bonds. The van der Waals surface area contributed by atoms with E-state index in [4.69, 9.17) is 15.6 Å². The van der Waals surface area contributed by atoms with E-state index in [1.807, 2.05) is 0 Å². The van der Waals surface area contributed by atoms with E-state index in [0.29, 0.717) is 6.54 Å². The van der Waals surface area contributed by atoms with Crippen LogP contribution in [0.25, 0.3) is 0 Å². The number of hydrogen-bond donors (Lipinski definition) is 2. The Morgan fingerprint density at radius 1 is 1.56 bits per heavy atom. The number of rotatable bonds is 1. The highest BCUT2D eigenvalue weighted by Crippen LogP contribution is 2.15. The molecule has 9 heavy (non-hydrogen) atoms. The summed E-state index contributed by atoms with van der Waals surface area (Å²) in [6.45, 7) is 0.525. The normalized spacial score (nSPS) is 36.7. The molecule has 1 heterocycles. The lowest BCUT2D eigenvalue weighted by atomic mass is 10.1. The van der Waals surface area contributed by atoms with Gasteiger partial charge in [-0.05, 0) is 19.3 Å². The maximum absolute atomic E-state index is 8.93. The van der Waals surface area contributed by atoms with E-state index >= 15 is 0 Å². The summed E-state index contributed by atoms with van der Waals surface area (Å²) in [4.78, 5) is 0. The minimum absolute atomic E-state index is 0.0914. The van der Waals surface area contributed by atoms with Gasteiger partial charge in [-0.2, -0.15) is 0 Å². The molecule has 0 aromatic heterocycles. The SMILES string of the molecule is NCC1CCC[C@@H](O)O1. The Labute approximate surface area is 54.8 Å². The molecule has 0 radical (unpaired) electrons. The van der Waals surface area contributed by atoms with Gasteiger partial charge in [0, 0.05) is 6.54 Å². The van der Waals surface area contributed by atoms with E-state index in [2.05, 4.69) is 0 Å². The fourth-order valence-corrected chi connectivity index (χ4v) is 1.05. The van der Waals surface area contributed by atoms with Gasteiger partial charge in [-0.15, -0.1) is 0 Å². The van der Waals surface area contributed by atoms with Gasteiger partial charge >= 0.3 is 0 Å². The first-order chi connectivity index (χ1) is 4.33. The van der Waals surface area contributed by atoms with E-state index in [9.17, 15) is 0 Å². The van der Waals surface area contributed by atoms with Crippen LogP contribution < -0.4 is 5.73 Å². The molecule has 0 aliphatic carbocycles. The monoisotopic (exact) mass is 131 g/mol. The molecule has 54 valence electrons. The molecule has 0 bridgehead atoms. The highest BCUT2D eigenvalue weighted by molar-refractivity contribution is 4.65. The summed E-state index contributed by atoms with van der Waals surface area (Å²) in [5.41, 5.74) is 5.33. The molecule has 1 aliphatic heterocycles. The molecule has 1 aliphatic rings. The summed E-state index contributed by atoms with van der Waals surface area (Å²) < 4.78 is 5.07. The van der Waals surface area contributed by atoms with Crippen LogP contribution in [0.3, 0.4) is 0 Å². The molecule has 1 fully saturated rings. The van der Waals surface area contributed by atoms with E-state index in [-0.39, 0.29) is 6.10 Å². The fourth-order valence-electron chi connectivity index (χ4n) is 1.05. The van der Waals surface area contributed by atoms with Gasteiger partial charge in [-0.25, -0.2) is 0 Å². The quantitative estimate of drug-likeness (QED) is 0.519. The van der Waals surface area contributed by atoms with Crippen LogP contribution in [0.2, 0.25) is 0 Å². The van der Waals surface area contributed by atoms with Crippen LogP contribution in [0, 0.1) is 0 Å². The molecule has 0 aromatic carbocycles. The third-order valence-electron chi connectivity index (χ3n) is 1.59. The van der Waals surface area contributed by atoms with Crippen molar-refractivity contribution in [3.63, 3.8) is 0 Å². The van der Waals surface area contributed by atoms with Crippen molar-refractivity contribution in [3.05, 3.63) is 0 Å². The summed E-state index contributed by atoms with van der Waals surface area (Å²) in [5, 5.41) is 8.93. The zero-order chi connectivity index (χ0) is 6.69. The molecular formula is C6H13NO2. The zero-order valence-electron chi connectivity index (χ0n) is 5.42. The van der Waals surface area contributed by atoms with Crippen LogP contribution in [0.4, 0.5) is 0 Å². The van der Waals surface area contributed by atoms with Crippen LogP contribution in [0.15, 0.2) is 0 Å². The molecule has 1 rings (SSSR count). The summed E-state index contributed by atoms with van der Waals surface area (Å²) in [6, 6.07) is 0. The lowest BCUT2D eigenvalue weighted by molar-refractivity contribution is -0.159. The Kier molecular flexibility index (Phi) is 2.45. The molecule has 1 unspecified atom stereocenters. The number of hydrogen-bond acceptors (Lipinski definition) is 3. The molecular weight excluding hydrogens is 118 g/mol. The average Bonchev–Trinajstić information content (AvgIpc) is 1.88. The second kappa shape index (κ2) is 3.15. The molecule has 3 N–H and O–H groups in total. The predicted molar refractivity (Wildman–Crippen MR) is 33.8 cm³/mol. The fraction of sp³-hybridized carbons (Fsp3) is 1.00. The summed E-state index contributed by atoms with van der Waals surface area (Å²) in [5.74, 6) is 0. The van der Waals surface area contributed by atoms with Crippen molar-refractivity contribution in [2.24, 2.45) is 5.73 Å². The van der Waals surface area contributed by atoms with Crippen LogP contribution in [0.1, 0.15) is 19.3 Å². The Hall–Kier alpha value is -0.120. The second-order valence-electron chi connectivity index (χ2n) is 2.38. The summed E-state index contributed by atoms with van der Waals surface area (Å²) in [7, 11) is 0. The van der Waals surface area contributed by atoms with Gasteiger partial charge in [0.15, 0.2) is 6.29 Å². The number of aliphatic hydroxyl groups excluding tert-OH is 1. The molecule has 1 saturated heterocycles. The Bertz CT molecular complexity index is 87.1. The van der Waals surface area contributed by atoms with Crippen molar-refractivity contribution >= 4 is 0 Å². The van der Waals surface area contributed by atoms with Gasteiger partial charge in [0.1, 0.15) is 0 Å². The summed E-state index contributed by atoms with van der Waals surface area (Å²) >= 11 is 0. The zero-order valence-corrected chi connectivity index (χ0v) is 5.42. The van der Waals surface area contributed by atoms with Crippen LogP contribution in [-0.2, 0) is 4.74 Å². The average molecular weight is 131 g/mol. The predicted octanol–water partition coefficient (Wildman–Crippen LogP) is -0.167. The smallest absolute Gasteiger partial charge is 0.154 e. The van der Waals surface area contributed by atoms with Crippen molar-refractivity contribution in [2.45, 2.75) is 31.7 Å². The lowest BCUT2D eigenvalue weighted by Crippen LogP contribution is -2.32. The third-order valence-corrected chi connectivity index (χ3v) is 1.59. The highest BCUT2D eigenvalue weighted by atomic mass is 16.6. The molecule has 3 nitrogen and oxygen atoms in total.